The van der Waals surface area contributed by atoms with Crippen LogP contribution in [-0.4, -0.2) is 88.7 Å². The van der Waals surface area contributed by atoms with E-state index in [2.05, 4.69) is 17.0 Å². The minimum atomic E-state index is -4.86. The van der Waals surface area contributed by atoms with E-state index in [9.17, 15) is 32.4 Å². The van der Waals surface area contributed by atoms with E-state index in [1.165, 1.54) is 6.07 Å². The van der Waals surface area contributed by atoms with Crippen molar-refractivity contribution in [1.29, 1.82) is 0 Å². The highest BCUT2D eigenvalue weighted by atomic mass is 32.2. The summed E-state index contributed by atoms with van der Waals surface area (Å²) in [6.45, 7) is 8.20. The van der Waals surface area contributed by atoms with Gasteiger partial charge in [0.15, 0.2) is 30.3 Å². The van der Waals surface area contributed by atoms with E-state index in [0.29, 0.717) is 19.4 Å². The molecule has 0 amide bonds. The van der Waals surface area contributed by atoms with Gasteiger partial charge in [-0.1, -0.05) is 57.7 Å². The lowest BCUT2D eigenvalue weighted by atomic mass is 9.97. The molecule has 0 bridgehead atoms. The molecule has 0 saturated carbocycles. The summed E-state index contributed by atoms with van der Waals surface area (Å²) in [5.74, 6) is -4.12. The lowest BCUT2D eigenvalue weighted by Crippen LogP contribution is -2.66. The molecule has 1 saturated heterocycles. The van der Waals surface area contributed by atoms with E-state index >= 15 is 0 Å². The van der Waals surface area contributed by atoms with Crippen molar-refractivity contribution in [2.75, 3.05) is 25.1 Å². The highest BCUT2D eigenvalue weighted by Gasteiger charge is 2.53. The first-order valence-corrected chi connectivity index (χ1v) is 19.3. The molecule has 298 valence electrons. The number of nitrogens with one attached hydrogen (secondary N) is 2. The van der Waals surface area contributed by atoms with Gasteiger partial charge in [0, 0.05) is 34.2 Å². The summed E-state index contributed by atoms with van der Waals surface area (Å²) in [7, 11) is -4.86. The zero-order chi connectivity index (χ0) is 39.8. The molecule has 1 aliphatic rings. The number of sulfonamides is 1. The summed E-state index contributed by atoms with van der Waals surface area (Å²) >= 11 is 0. The summed E-state index contributed by atoms with van der Waals surface area (Å²) in [6.07, 6.45) is -3.26. The van der Waals surface area contributed by atoms with Gasteiger partial charge in [-0.05, 0) is 37.1 Å². The Morgan fingerprint density at radius 2 is 1.37 bits per heavy atom. The third-order valence-electron chi connectivity index (χ3n) is 7.88. The molecule has 1 heterocycles. The van der Waals surface area contributed by atoms with E-state index in [1.807, 2.05) is 6.92 Å². The second-order valence-electron chi connectivity index (χ2n) is 12.5. The second kappa shape index (κ2) is 21.2. The number of carbonyl (C=O) groups excluding carboxylic acids is 5. The topological polar surface area (TPSA) is 208 Å². The van der Waals surface area contributed by atoms with E-state index in [1.54, 1.807) is 30.3 Å². The number of unbranched alkanes of at least 4 members (excludes halogenated alkanes) is 4. The second-order valence-corrected chi connectivity index (χ2v) is 14.2. The van der Waals surface area contributed by atoms with Crippen LogP contribution in [0.2, 0.25) is 0 Å². The Kier molecular flexibility index (Phi) is 17.2. The third kappa shape index (κ3) is 13.3. The van der Waals surface area contributed by atoms with E-state index in [0.717, 1.165) is 59.4 Å². The fourth-order valence-electron chi connectivity index (χ4n) is 5.48. The van der Waals surface area contributed by atoms with Crippen LogP contribution in [0.25, 0.3) is 0 Å². The fourth-order valence-corrected chi connectivity index (χ4v) is 6.78. The summed E-state index contributed by atoms with van der Waals surface area (Å²) in [6, 6.07) is 10.9. The molecule has 16 nitrogen and oxygen atoms in total. The van der Waals surface area contributed by atoms with Crippen molar-refractivity contribution < 1.29 is 65.5 Å². The molecule has 0 aliphatic carbocycles. The number of rotatable bonds is 20. The van der Waals surface area contributed by atoms with Crippen LogP contribution in [0.15, 0.2) is 47.4 Å². The van der Waals surface area contributed by atoms with Gasteiger partial charge in [-0.15, -0.1) is 0 Å². The van der Waals surface area contributed by atoms with Crippen molar-refractivity contribution in [2.24, 2.45) is 0 Å². The average molecular weight is 779 g/mol. The maximum atomic E-state index is 14.6. The molecule has 2 aromatic rings. The number of anilines is 1. The largest absolute Gasteiger partial charge is 0.463 e. The van der Waals surface area contributed by atoms with Gasteiger partial charge in [0.25, 0.3) is 0 Å². The van der Waals surface area contributed by atoms with Crippen molar-refractivity contribution in [1.82, 2.24) is 4.72 Å². The van der Waals surface area contributed by atoms with Gasteiger partial charge in [-0.3, -0.25) is 19.2 Å². The molecule has 5 atom stereocenters. The number of para-hydroxylation sites is 1. The minimum absolute atomic E-state index is 0.105. The number of carbonyl (C=O) groups is 5. The maximum absolute atomic E-state index is 14.6. The number of hydrogen-bond donors (Lipinski definition) is 2. The molecule has 1 aliphatic heterocycles. The Labute approximate surface area is 315 Å². The summed E-state index contributed by atoms with van der Waals surface area (Å²) in [4.78, 5) is 61.5. The first-order valence-electron chi connectivity index (χ1n) is 17.8. The van der Waals surface area contributed by atoms with Crippen LogP contribution in [0.4, 0.5) is 5.69 Å². The molecule has 0 spiro atoms. The summed E-state index contributed by atoms with van der Waals surface area (Å²) in [5, 5.41) is 3.17. The first-order chi connectivity index (χ1) is 25.7. The number of hydrogen-bond acceptors (Lipinski definition) is 15. The lowest BCUT2D eigenvalue weighted by Gasteiger charge is -2.44. The van der Waals surface area contributed by atoms with Crippen molar-refractivity contribution in [3.05, 3.63) is 48.0 Å². The molecule has 0 aromatic heterocycles. The summed E-state index contributed by atoms with van der Waals surface area (Å²) in [5.41, 5.74) is 0.0569. The van der Waals surface area contributed by atoms with Crippen LogP contribution in [-0.2, 0) is 57.6 Å². The Morgan fingerprint density at radius 3 is 1.98 bits per heavy atom. The van der Waals surface area contributed by atoms with Crippen LogP contribution in [0.1, 0.15) is 90.4 Å². The number of benzene rings is 2. The number of esters is 5. The van der Waals surface area contributed by atoms with Gasteiger partial charge >= 0.3 is 29.8 Å². The normalized spacial score (nSPS) is 19.6. The van der Waals surface area contributed by atoms with Crippen LogP contribution < -0.4 is 14.8 Å². The van der Waals surface area contributed by atoms with Crippen molar-refractivity contribution in [2.45, 2.75) is 116 Å². The Hall–Kier alpha value is -4.74. The molecule has 1 fully saturated rings. The van der Waals surface area contributed by atoms with Gasteiger partial charge in [0.05, 0.1) is 17.9 Å². The van der Waals surface area contributed by atoms with E-state index in [-0.39, 0.29) is 29.4 Å². The zero-order valence-electron chi connectivity index (χ0n) is 31.4. The van der Waals surface area contributed by atoms with Crippen LogP contribution in [0, 0.1) is 0 Å². The SMILES string of the molecule is CCCCCCOC(=O)c1cc(NCCCC)c(Oc2ccccc2)c(S(=O)(=O)NC2O[C@H](COC(C)=O)[C@@H](OC(C)=O)[C@H](OC(C)=O)[C@H]2OC(C)=O)c1. The van der Waals surface area contributed by atoms with Crippen molar-refractivity contribution in [3.63, 3.8) is 0 Å². The van der Waals surface area contributed by atoms with Crippen LogP contribution in [0.3, 0.4) is 0 Å². The highest BCUT2D eigenvalue weighted by Crippen LogP contribution is 2.39. The van der Waals surface area contributed by atoms with Crippen molar-refractivity contribution in [3.8, 4) is 11.5 Å². The van der Waals surface area contributed by atoms with Gasteiger partial charge < -0.3 is 38.5 Å². The zero-order valence-corrected chi connectivity index (χ0v) is 32.2. The molecule has 1 unspecified atom stereocenters. The first kappa shape index (κ1) is 43.7. The fraction of sp³-hybridized carbons (Fsp3) is 0.541. The third-order valence-corrected chi connectivity index (χ3v) is 9.31. The molecule has 54 heavy (non-hydrogen) atoms. The molecule has 0 radical (unpaired) electrons. The van der Waals surface area contributed by atoms with Gasteiger partial charge in [0.1, 0.15) is 23.4 Å². The average Bonchev–Trinajstić information content (AvgIpc) is 3.10. The Balaban J connectivity index is 2.20. The predicted molar refractivity (Wildman–Crippen MR) is 193 cm³/mol. The number of ether oxygens (including phenoxy) is 7. The Morgan fingerprint density at radius 1 is 0.741 bits per heavy atom. The molecule has 17 heteroatoms. The minimum Gasteiger partial charge on any atom is -0.463 e. The monoisotopic (exact) mass is 778 g/mol. The predicted octanol–water partition coefficient (Wildman–Crippen LogP) is 4.79. The quantitative estimate of drug-likeness (QED) is 0.105. The molecule has 3 rings (SSSR count). The summed E-state index contributed by atoms with van der Waals surface area (Å²) < 4.78 is 70.7. The van der Waals surface area contributed by atoms with Crippen molar-refractivity contribution >= 4 is 45.6 Å². The maximum Gasteiger partial charge on any atom is 0.338 e. The Bertz CT molecular complexity index is 1700. The van der Waals surface area contributed by atoms with Crippen LogP contribution >= 0.6 is 0 Å². The standard InChI is InChI=1S/C37H50N2O14S/c1-7-9-11-15-19-47-37(44)27-20-29(38-18-10-8-2)32(52-28-16-13-12-14-17-28)31(21-27)54(45,46)39-36-35(51-26(6)43)34(50-25(5)42)33(49-24(4)41)30(53-36)22-48-23(3)40/h12-14,16-17,20-21,30,33-36,38-39H,7-11,15,18-19,22H2,1-6H3/t30-,33-,34+,35-,36?/m1/s1. The molecular formula is C37H50N2O14S. The highest BCUT2D eigenvalue weighted by molar-refractivity contribution is 7.89. The van der Waals surface area contributed by atoms with Gasteiger partial charge in [0.2, 0.25) is 10.0 Å². The van der Waals surface area contributed by atoms with E-state index < -0.39 is 82.0 Å². The van der Waals surface area contributed by atoms with Crippen LogP contribution in [0.5, 0.6) is 11.5 Å². The van der Waals surface area contributed by atoms with E-state index in [4.69, 9.17) is 33.2 Å². The smallest absolute Gasteiger partial charge is 0.338 e. The molecular weight excluding hydrogens is 728 g/mol. The lowest BCUT2D eigenvalue weighted by molar-refractivity contribution is -0.254. The van der Waals surface area contributed by atoms with Gasteiger partial charge in [-0.25, -0.2) is 13.2 Å². The molecule has 2 N–H and O–H groups in total. The van der Waals surface area contributed by atoms with Gasteiger partial charge in [-0.2, -0.15) is 4.72 Å². The molecule has 2 aromatic carbocycles.